The van der Waals surface area contributed by atoms with Crippen LogP contribution in [0.1, 0.15) is 5.56 Å². The molecule has 19 heavy (non-hydrogen) atoms. The number of benzene rings is 1. The van der Waals surface area contributed by atoms with Gasteiger partial charge in [0, 0.05) is 12.0 Å². The van der Waals surface area contributed by atoms with Crippen LogP contribution in [-0.4, -0.2) is 25.5 Å². The van der Waals surface area contributed by atoms with Crippen LogP contribution in [0.2, 0.25) is 0 Å². The second-order valence-corrected chi connectivity index (χ2v) is 4.03. The molecule has 1 aliphatic rings. The number of nitrogens with zero attached hydrogens (tertiary/aromatic N) is 3. The van der Waals surface area contributed by atoms with Gasteiger partial charge in [0.2, 0.25) is 6.29 Å². The molecule has 0 radical (unpaired) electrons. The summed E-state index contributed by atoms with van der Waals surface area (Å²) in [5.41, 5.74) is 9.65. The summed E-state index contributed by atoms with van der Waals surface area (Å²) in [5.74, 6) is 0. The molecule has 6 heteroatoms. The van der Waals surface area contributed by atoms with Crippen molar-refractivity contribution in [2.75, 3.05) is 7.11 Å². The maximum atomic E-state index is 8.60. The largest absolute Gasteiger partial charge is 0.472 e. The lowest BCUT2D eigenvalue weighted by atomic mass is 10.1. The molecule has 0 unspecified atom stereocenters. The van der Waals surface area contributed by atoms with Crippen LogP contribution in [0.3, 0.4) is 0 Å². The van der Waals surface area contributed by atoms with Gasteiger partial charge in [-0.3, -0.25) is 0 Å². The fourth-order valence-corrected chi connectivity index (χ4v) is 1.85. The third kappa shape index (κ3) is 3.48. The van der Waals surface area contributed by atoms with E-state index >= 15 is 0 Å². The number of azide groups is 1. The molecule has 1 aromatic carbocycles. The Kier molecular flexibility index (Phi) is 4.80. The van der Waals surface area contributed by atoms with Gasteiger partial charge in [-0.2, -0.15) is 0 Å². The van der Waals surface area contributed by atoms with Crippen LogP contribution in [0.4, 0.5) is 0 Å². The number of hydrogen-bond donors (Lipinski definition) is 0. The van der Waals surface area contributed by atoms with Crippen LogP contribution in [0.15, 0.2) is 47.8 Å². The van der Waals surface area contributed by atoms with Crippen LogP contribution >= 0.6 is 0 Å². The molecule has 0 saturated carbocycles. The van der Waals surface area contributed by atoms with Gasteiger partial charge in [0.25, 0.3) is 0 Å². The van der Waals surface area contributed by atoms with E-state index in [9.17, 15) is 0 Å². The molecule has 0 aromatic heterocycles. The lowest BCUT2D eigenvalue weighted by Gasteiger charge is -2.30. The average Bonchev–Trinajstić information content (AvgIpc) is 2.47. The van der Waals surface area contributed by atoms with Crippen LogP contribution in [-0.2, 0) is 20.8 Å². The summed E-state index contributed by atoms with van der Waals surface area (Å²) in [6, 6.07) is 9.24. The molecule has 0 saturated heterocycles. The molecule has 0 bridgehead atoms. The van der Waals surface area contributed by atoms with Crippen LogP contribution in [0.25, 0.3) is 10.4 Å². The summed E-state index contributed by atoms with van der Waals surface area (Å²) in [5, 5.41) is 3.68. The van der Waals surface area contributed by atoms with E-state index in [1.165, 1.54) is 13.4 Å². The lowest BCUT2D eigenvalue weighted by molar-refractivity contribution is -0.133. The highest BCUT2D eigenvalue weighted by atomic mass is 16.7. The molecule has 6 nitrogen and oxygen atoms in total. The monoisotopic (exact) mass is 261 g/mol. The molecule has 2 rings (SSSR count). The van der Waals surface area contributed by atoms with Gasteiger partial charge in [-0.15, -0.1) is 0 Å². The third-order valence-corrected chi connectivity index (χ3v) is 2.80. The van der Waals surface area contributed by atoms with Crippen molar-refractivity contribution in [2.45, 2.75) is 25.0 Å². The normalized spacial score (nSPS) is 25.4. The van der Waals surface area contributed by atoms with E-state index in [2.05, 4.69) is 10.0 Å². The van der Waals surface area contributed by atoms with Crippen molar-refractivity contribution < 1.29 is 14.2 Å². The maximum Gasteiger partial charge on any atom is 0.210 e. The first kappa shape index (κ1) is 13.4. The molecule has 3 atom stereocenters. The zero-order chi connectivity index (χ0) is 13.5. The van der Waals surface area contributed by atoms with E-state index in [1.54, 1.807) is 6.08 Å². The molecule has 1 aliphatic heterocycles. The van der Waals surface area contributed by atoms with Gasteiger partial charge >= 0.3 is 0 Å². The summed E-state index contributed by atoms with van der Waals surface area (Å²) >= 11 is 0. The van der Waals surface area contributed by atoms with E-state index < -0.39 is 12.3 Å². The molecule has 0 fully saturated rings. The summed E-state index contributed by atoms with van der Waals surface area (Å²) < 4.78 is 16.1. The molecular formula is C13H15N3O3. The molecule has 0 aliphatic carbocycles. The van der Waals surface area contributed by atoms with Crippen LogP contribution in [0.5, 0.6) is 0 Å². The molecule has 1 aromatic rings. The molecule has 1 heterocycles. The Bertz CT molecular complexity index is 471. The molecular weight excluding hydrogens is 246 g/mol. The van der Waals surface area contributed by atoms with Gasteiger partial charge in [0.05, 0.1) is 19.0 Å². The van der Waals surface area contributed by atoms with Gasteiger partial charge < -0.3 is 14.2 Å². The highest BCUT2D eigenvalue weighted by Crippen LogP contribution is 2.20. The van der Waals surface area contributed by atoms with Crippen molar-refractivity contribution >= 4 is 0 Å². The van der Waals surface area contributed by atoms with Gasteiger partial charge in [-0.25, -0.2) is 0 Å². The number of hydrogen-bond acceptors (Lipinski definition) is 4. The summed E-state index contributed by atoms with van der Waals surface area (Å²) in [6.45, 7) is 0.434. The van der Waals surface area contributed by atoms with Gasteiger partial charge in [-0.05, 0) is 17.2 Å². The van der Waals surface area contributed by atoms with Gasteiger partial charge in [0.15, 0.2) is 0 Å². The molecule has 100 valence electrons. The van der Waals surface area contributed by atoms with E-state index in [0.29, 0.717) is 6.61 Å². The standard InChI is InChI=1S/C13H15N3O3/c1-17-13-12(15-16-14)11(7-8-18-13)19-9-10-5-3-2-4-6-10/h2-8,11-13H,9H2,1H3/t11-,12+,13+/m0/s1. The predicted molar refractivity (Wildman–Crippen MR) is 69.0 cm³/mol. The molecule has 0 spiro atoms. The van der Waals surface area contributed by atoms with Crippen molar-refractivity contribution in [2.24, 2.45) is 5.11 Å². The minimum absolute atomic E-state index is 0.366. The van der Waals surface area contributed by atoms with E-state index in [0.717, 1.165) is 5.56 Å². The second-order valence-electron chi connectivity index (χ2n) is 4.03. The SMILES string of the molecule is CO[C@@H]1OC=C[C@H](OCc2ccccc2)[C@H]1N=[N+]=[N-]. The zero-order valence-corrected chi connectivity index (χ0v) is 10.5. The van der Waals surface area contributed by atoms with Crippen LogP contribution < -0.4 is 0 Å². The Hall–Kier alpha value is -2.01. The summed E-state index contributed by atoms with van der Waals surface area (Å²) in [6.07, 6.45) is 2.24. The summed E-state index contributed by atoms with van der Waals surface area (Å²) in [7, 11) is 1.50. The van der Waals surface area contributed by atoms with E-state index in [-0.39, 0.29) is 6.10 Å². The van der Waals surface area contributed by atoms with Crippen molar-refractivity contribution in [1.29, 1.82) is 0 Å². The summed E-state index contributed by atoms with van der Waals surface area (Å²) in [4.78, 5) is 2.81. The predicted octanol–water partition coefficient (Wildman–Crippen LogP) is 2.77. The number of ether oxygens (including phenoxy) is 3. The lowest BCUT2D eigenvalue weighted by Crippen LogP contribution is -2.41. The zero-order valence-electron chi connectivity index (χ0n) is 10.5. The Morgan fingerprint density at radius 1 is 1.37 bits per heavy atom. The maximum absolute atomic E-state index is 8.60. The van der Waals surface area contributed by atoms with Crippen LogP contribution in [0, 0.1) is 0 Å². The van der Waals surface area contributed by atoms with Crippen molar-refractivity contribution in [1.82, 2.24) is 0 Å². The molecule has 0 amide bonds. The Balaban J connectivity index is 2.02. The highest BCUT2D eigenvalue weighted by molar-refractivity contribution is 5.13. The number of rotatable bonds is 5. The first-order valence-electron chi connectivity index (χ1n) is 5.90. The fraction of sp³-hybridized carbons (Fsp3) is 0.385. The second kappa shape index (κ2) is 6.80. The fourth-order valence-electron chi connectivity index (χ4n) is 1.85. The smallest absolute Gasteiger partial charge is 0.210 e. The molecule has 0 N–H and O–H groups in total. The minimum Gasteiger partial charge on any atom is -0.472 e. The van der Waals surface area contributed by atoms with E-state index in [4.69, 9.17) is 19.7 Å². The Morgan fingerprint density at radius 2 is 2.16 bits per heavy atom. The van der Waals surface area contributed by atoms with Crippen molar-refractivity contribution in [3.8, 4) is 0 Å². The quantitative estimate of drug-likeness (QED) is 0.464. The first-order chi connectivity index (χ1) is 9.35. The van der Waals surface area contributed by atoms with Crippen molar-refractivity contribution in [3.05, 3.63) is 58.7 Å². The minimum atomic E-state index is -0.623. The topological polar surface area (TPSA) is 76.5 Å². The average molecular weight is 261 g/mol. The highest BCUT2D eigenvalue weighted by Gasteiger charge is 2.32. The third-order valence-electron chi connectivity index (χ3n) is 2.80. The van der Waals surface area contributed by atoms with E-state index in [1.807, 2.05) is 30.3 Å². The first-order valence-corrected chi connectivity index (χ1v) is 5.90. The number of methoxy groups -OCH3 is 1. The van der Waals surface area contributed by atoms with Gasteiger partial charge in [0.1, 0.15) is 6.04 Å². The van der Waals surface area contributed by atoms with Crippen molar-refractivity contribution in [3.63, 3.8) is 0 Å². The Morgan fingerprint density at radius 3 is 2.84 bits per heavy atom. The van der Waals surface area contributed by atoms with Gasteiger partial charge in [-0.1, -0.05) is 35.4 Å². The Labute approximate surface area is 111 Å².